The summed E-state index contributed by atoms with van der Waals surface area (Å²) in [6, 6.07) is 30.4. The van der Waals surface area contributed by atoms with Crippen LogP contribution in [-0.2, 0) is 0 Å². The molecule has 0 spiro atoms. The maximum atomic E-state index is 11.2. The predicted molar refractivity (Wildman–Crippen MR) is 246 cm³/mol. The van der Waals surface area contributed by atoms with Crippen molar-refractivity contribution in [3.05, 3.63) is 119 Å². The van der Waals surface area contributed by atoms with Crippen molar-refractivity contribution >= 4 is 27.8 Å². The molecule has 0 radical (unpaired) electrons. The summed E-state index contributed by atoms with van der Waals surface area (Å²) in [6.45, 7) is 5.94. The summed E-state index contributed by atoms with van der Waals surface area (Å²) in [7, 11) is 0. The van der Waals surface area contributed by atoms with Crippen molar-refractivity contribution in [3.8, 4) is 35.2 Å². The molecular weight excluding hydrogens is 709 g/mol. The fraction of sp³-hybridized carbons (Fsp3) is 0.436. The van der Waals surface area contributed by atoms with E-state index in [-0.39, 0.29) is 0 Å². The highest BCUT2D eigenvalue weighted by atomic mass is 16.5. The topological polar surface area (TPSA) is 35.5 Å². The first-order chi connectivity index (χ1) is 28.7. The number of carbonyl (C=O) groups is 1. The van der Waals surface area contributed by atoms with Gasteiger partial charge in [-0.15, -0.1) is 0 Å². The Bertz CT molecular complexity index is 2050. The number of rotatable bonds is 25. The van der Waals surface area contributed by atoms with Gasteiger partial charge in [0.2, 0.25) is 0 Å². The van der Waals surface area contributed by atoms with E-state index in [0.29, 0.717) is 18.8 Å². The molecule has 3 nitrogen and oxygen atoms in total. The third-order valence-corrected chi connectivity index (χ3v) is 11.1. The third-order valence-electron chi connectivity index (χ3n) is 11.1. The lowest BCUT2D eigenvalue weighted by Gasteiger charge is -2.14. The monoisotopic (exact) mass is 775 g/mol. The van der Waals surface area contributed by atoms with E-state index in [1.165, 1.54) is 116 Å². The average molecular weight is 775 g/mol. The van der Waals surface area contributed by atoms with Crippen molar-refractivity contribution in [3.63, 3.8) is 0 Å². The highest BCUT2D eigenvalue weighted by Crippen LogP contribution is 2.33. The van der Waals surface area contributed by atoms with Gasteiger partial charge in [-0.2, -0.15) is 0 Å². The summed E-state index contributed by atoms with van der Waals surface area (Å²) in [5.74, 6) is 15.5. The van der Waals surface area contributed by atoms with Crippen LogP contribution in [0.4, 0.5) is 0 Å². The zero-order valence-corrected chi connectivity index (χ0v) is 35.5. The van der Waals surface area contributed by atoms with Crippen LogP contribution in [0.25, 0.3) is 21.5 Å². The molecule has 5 aromatic carbocycles. The molecule has 0 aliphatic heterocycles. The van der Waals surface area contributed by atoms with Crippen molar-refractivity contribution in [2.45, 2.75) is 142 Å². The van der Waals surface area contributed by atoms with Crippen LogP contribution in [-0.4, -0.2) is 19.5 Å². The molecule has 0 saturated heterocycles. The molecule has 5 aromatic rings. The van der Waals surface area contributed by atoms with Gasteiger partial charge >= 0.3 is 0 Å². The van der Waals surface area contributed by atoms with E-state index < -0.39 is 0 Å². The number of ether oxygens (including phenoxy) is 2. The zero-order chi connectivity index (χ0) is 40.5. The highest BCUT2D eigenvalue weighted by Gasteiger charge is 2.12. The molecule has 0 amide bonds. The van der Waals surface area contributed by atoms with Crippen LogP contribution in [0.5, 0.6) is 11.5 Å². The molecule has 0 atom stereocenters. The minimum absolute atomic E-state index is 0.642. The third kappa shape index (κ3) is 14.4. The van der Waals surface area contributed by atoms with Crippen LogP contribution < -0.4 is 9.47 Å². The number of hydrogen-bond acceptors (Lipinski definition) is 3. The lowest BCUT2D eigenvalue weighted by Crippen LogP contribution is -2.03. The molecule has 0 N–H and O–H groups in total. The molecule has 0 unspecified atom stereocenters. The molecule has 5 rings (SSSR count). The Kier molecular flexibility index (Phi) is 19.9. The minimum Gasteiger partial charge on any atom is -0.490 e. The number of carbonyl (C=O) groups excluding carboxylic acids is 1. The van der Waals surface area contributed by atoms with Gasteiger partial charge in [0.05, 0.1) is 13.2 Å². The molecule has 0 aliphatic rings. The van der Waals surface area contributed by atoms with Gasteiger partial charge in [-0.3, -0.25) is 4.79 Å². The molecule has 0 bridgehead atoms. The van der Waals surface area contributed by atoms with E-state index in [1.807, 2.05) is 18.2 Å². The van der Waals surface area contributed by atoms with Crippen LogP contribution >= 0.6 is 0 Å². The standard InChI is InChI=1S/C55H66O3/c1-3-5-7-9-11-13-15-17-19-25-41-57-54-40-37-46(43-55(54)58-42-26-20-18-16-14-12-10-8-6-4-2)36-39-53-50-29-23-21-27-48(50)52(49-28-22-24-30-51(49)53)38-35-45-31-33-47(44-56)34-32-45/h21-24,27-34,37,40,43-44H,3-20,25-26,41-42H2,1-2H3. The van der Waals surface area contributed by atoms with E-state index in [2.05, 4.69) is 98.2 Å². The second-order valence-corrected chi connectivity index (χ2v) is 15.8. The number of benzene rings is 5. The number of hydrogen-bond donors (Lipinski definition) is 0. The van der Waals surface area contributed by atoms with Gasteiger partial charge in [0.1, 0.15) is 6.29 Å². The lowest BCUT2D eigenvalue weighted by molar-refractivity contribution is 0.112. The van der Waals surface area contributed by atoms with Crippen molar-refractivity contribution < 1.29 is 14.3 Å². The van der Waals surface area contributed by atoms with E-state index in [0.717, 1.165) is 74.4 Å². The summed E-state index contributed by atoms with van der Waals surface area (Å²) < 4.78 is 12.8. The maximum absolute atomic E-state index is 11.2. The summed E-state index contributed by atoms with van der Waals surface area (Å²) in [6.07, 6.45) is 26.9. The fourth-order valence-corrected chi connectivity index (χ4v) is 7.67. The molecule has 3 heteroatoms. The van der Waals surface area contributed by atoms with Crippen LogP contribution in [0.2, 0.25) is 0 Å². The lowest BCUT2D eigenvalue weighted by atomic mass is 9.92. The molecule has 0 saturated carbocycles. The first-order valence-electron chi connectivity index (χ1n) is 22.6. The predicted octanol–water partition coefficient (Wildman–Crippen LogP) is 15.2. The van der Waals surface area contributed by atoms with Crippen molar-refractivity contribution in [1.29, 1.82) is 0 Å². The quantitative estimate of drug-likeness (QED) is 0.0256. The van der Waals surface area contributed by atoms with Gasteiger partial charge in [0.25, 0.3) is 0 Å². The van der Waals surface area contributed by atoms with Gasteiger partial charge in [-0.05, 0) is 64.7 Å². The van der Waals surface area contributed by atoms with Gasteiger partial charge in [-0.25, -0.2) is 0 Å². The second-order valence-electron chi connectivity index (χ2n) is 15.8. The molecule has 58 heavy (non-hydrogen) atoms. The van der Waals surface area contributed by atoms with Crippen LogP contribution in [0.3, 0.4) is 0 Å². The van der Waals surface area contributed by atoms with Crippen LogP contribution in [0, 0.1) is 23.7 Å². The Balaban J connectivity index is 1.29. The van der Waals surface area contributed by atoms with Crippen molar-refractivity contribution in [2.24, 2.45) is 0 Å². The minimum atomic E-state index is 0.642. The van der Waals surface area contributed by atoms with Gasteiger partial charge < -0.3 is 9.47 Å². The first-order valence-corrected chi connectivity index (χ1v) is 22.6. The summed E-state index contributed by atoms with van der Waals surface area (Å²) >= 11 is 0. The number of unbranched alkanes of at least 4 members (excludes halogenated alkanes) is 18. The molecule has 0 aliphatic carbocycles. The molecule has 0 heterocycles. The van der Waals surface area contributed by atoms with Crippen molar-refractivity contribution in [1.82, 2.24) is 0 Å². The molecular formula is C55H66O3. The molecule has 0 aromatic heterocycles. The largest absolute Gasteiger partial charge is 0.490 e. The molecule has 304 valence electrons. The van der Waals surface area contributed by atoms with Crippen molar-refractivity contribution in [2.75, 3.05) is 13.2 Å². The second kappa shape index (κ2) is 26.1. The van der Waals surface area contributed by atoms with E-state index in [4.69, 9.17) is 9.47 Å². The van der Waals surface area contributed by atoms with Gasteiger partial charge in [-0.1, -0.05) is 214 Å². The van der Waals surface area contributed by atoms with Crippen LogP contribution in [0.1, 0.15) is 175 Å². The maximum Gasteiger partial charge on any atom is 0.162 e. The number of aldehydes is 1. The van der Waals surface area contributed by atoms with E-state index >= 15 is 0 Å². The van der Waals surface area contributed by atoms with E-state index in [1.54, 1.807) is 12.1 Å². The fourth-order valence-electron chi connectivity index (χ4n) is 7.67. The molecule has 0 fully saturated rings. The smallest absolute Gasteiger partial charge is 0.162 e. The SMILES string of the molecule is CCCCCCCCCCCCOc1ccc(C#Cc2c3ccccc3c(C#Cc3ccc(C=O)cc3)c3ccccc23)cc1OCCCCCCCCCCCC. The Labute approximate surface area is 350 Å². The normalized spacial score (nSPS) is 10.9. The Morgan fingerprint density at radius 2 is 0.793 bits per heavy atom. The highest BCUT2D eigenvalue weighted by molar-refractivity contribution is 6.09. The zero-order valence-electron chi connectivity index (χ0n) is 35.5. The van der Waals surface area contributed by atoms with E-state index in [9.17, 15) is 4.79 Å². The Morgan fingerprint density at radius 1 is 0.414 bits per heavy atom. The number of fused-ring (bicyclic) bond motifs is 2. The first kappa shape index (κ1) is 44.1. The van der Waals surface area contributed by atoms with Crippen LogP contribution in [0.15, 0.2) is 91.0 Å². The summed E-state index contributed by atoms with van der Waals surface area (Å²) in [4.78, 5) is 11.2. The Morgan fingerprint density at radius 3 is 1.22 bits per heavy atom. The summed E-state index contributed by atoms with van der Waals surface area (Å²) in [5, 5.41) is 4.28. The van der Waals surface area contributed by atoms with Gasteiger partial charge in [0.15, 0.2) is 11.5 Å². The van der Waals surface area contributed by atoms with Gasteiger partial charge in [0, 0.05) is 27.8 Å². The Hall–Kier alpha value is -4.99. The average Bonchev–Trinajstić information content (AvgIpc) is 3.26. The summed E-state index contributed by atoms with van der Waals surface area (Å²) in [5.41, 5.74) is 4.37.